The molecule has 2 aromatic rings. The molecule has 0 radical (unpaired) electrons. The Balaban J connectivity index is 2.40. The quantitative estimate of drug-likeness (QED) is 0.807. The van der Waals surface area contributed by atoms with Gasteiger partial charge in [0.1, 0.15) is 0 Å². The van der Waals surface area contributed by atoms with E-state index in [1.807, 2.05) is 29.8 Å². The standard InChI is InChI=1S/C14H20BrN5O/c1-4-21-8-13(9(2)3)20-14(17-18-19-20)10-5-11(15)7-12(16)6-10/h5-7,9,13H,4,8,16H2,1-3H3. The molecule has 0 saturated carbocycles. The molecule has 0 aliphatic rings. The summed E-state index contributed by atoms with van der Waals surface area (Å²) in [6.07, 6.45) is 0. The van der Waals surface area contributed by atoms with Crippen LogP contribution < -0.4 is 5.73 Å². The SMILES string of the molecule is CCOCC(C(C)C)n1nnnc1-c1cc(N)cc(Br)c1. The fourth-order valence-corrected chi connectivity index (χ4v) is 2.64. The van der Waals surface area contributed by atoms with Crippen molar-refractivity contribution in [3.63, 3.8) is 0 Å². The van der Waals surface area contributed by atoms with Crippen LogP contribution in [0.2, 0.25) is 0 Å². The summed E-state index contributed by atoms with van der Waals surface area (Å²) < 4.78 is 8.29. The smallest absolute Gasteiger partial charge is 0.182 e. The van der Waals surface area contributed by atoms with Gasteiger partial charge in [-0.15, -0.1) is 5.10 Å². The number of halogens is 1. The summed E-state index contributed by atoms with van der Waals surface area (Å²) in [6.45, 7) is 7.49. The van der Waals surface area contributed by atoms with E-state index in [2.05, 4.69) is 45.3 Å². The average molecular weight is 354 g/mol. The van der Waals surface area contributed by atoms with Crippen molar-refractivity contribution in [2.75, 3.05) is 18.9 Å². The van der Waals surface area contributed by atoms with Crippen LogP contribution in [0.4, 0.5) is 5.69 Å². The molecule has 21 heavy (non-hydrogen) atoms. The van der Waals surface area contributed by atoms with Crippen molar-refractivity contribution in [1.29, 1.82) is 0 Å². The van der Waals surface area contributed by atoms with Crippen molar-refractivity contribution in [3.05, 3.63) is 22.7 Å². The molecule has 0 aliphatic heterocycles. The highest BCUT2D eigenvalue weighted by atomic mass is 79.9. The van der Waals surface area contributed by atoms with Gasteiger partial charge >= 0.3 is 0 Å². The highest BCUT2D eigenvalue weighted by molar-refractivity contribution is 9.10. The first-order chi connectivity index (χ1) is 10.0. The number of hydrogen-bond acceptors (Lipinski definition) is 5. The lowest BCUT2D eigenvalue weighted by atomic mass is 10.0. The second kappa shape index (κ2) is 7.00. The van der Waals surface area contributed by atoms with E-state index in [1.165, 1.54) is 0 Å². The van der Waals surface area contributed by atoms with Crippen molar-refractivity contribution in [3.8, 4) is 11.4 Å². The number of tetrazole rings is 1. The van der Waals surface area contributed by atoms with Crippen LogP contribution in [0.1, 0.15) is 26.8 Å². The Morgan fingerprint density at radius 1 is 1.33 bits per heavy atom. The molecular formula is C14H20BrN5O. The van der Waals surface area contributed by atoms with Crippen molar-refractivity contribution in [2.45, 2.75) is 26.8 Å². The van der Waals surface area contributed by atoms with Crippen LogP contribution >= 0.6 is 15.9 Å². The van der Waals surface area contributed by atoms with E-state index in [0.717, 1.165) is 10.0 Å². The molecule has 0 bridgehead atoms. The zero-order valence-corrected chi connectivity index (χ0v) is 14.0. The lowest BCUT2D eigenvalue weighted by molar-refractivity contribution is 0.0913. The van der Waals surface area contributed by atoms with Crippen LogP contribution in [-0.2, 0) is 4.74 Å². The second-order valence-corrected chi connectivity index (χ2v) is 6.11. The molecular weight excluding hydrogens is 334 g/mol. The molecule has 2 N–H and O–H groups in total. The van der Waals surface area contributed by atoms with Gasteiger partial charge in [0.25, 0.3) is 0 Å². The highest BCUT2D eigenvalue weighted by Crippen LogP contribution is 2.28. The molecule has 114 valence electrons. The summed E-state index contributed by atoms with van der Waals surface area (Å²) in [7, 11) is 0. The largest absolute Gasteiger partial charge is 0.399 e. The summed E-state index contributed by atoms with van der Waals surface area (Å²) in [5.41, 5.74) is 7.45. The average Bonchev–Trinajstić information content (AvgIpc) is 2.87. The maximum absolute atomic E-state index is 5.90. The fourth-order valence-electron chi connectivity index (χ4n) is 2.13. The second-order valence-electron chi connectivity index (χ2n) is 5.19. The Bertz CT molecular complexity index is 579. The summed E-state index contributed by atoms with van der Waals surface area (Å²) in [6, 6.07) is 5.74. The van der Waals surface area contributed by atoms with E-state index in [-0.39, 0.29) is 6.04 Å². The number of rotatable bonds is 6. The molecule has 0 amide bonds. The molecule has 0 fully saturated rings. The van der Waals surface area contributed by atoms with E-state index in [9.17, 15) is 0 Å². The van der Waals surface area contributed by atoms with Crippen LogP contribution in [-0.4, -0.2) is 33.4 Å². The van der Waals surface area contributed by atoms with Crippen LogP contribution in [0, 0.1) is 5.92 Å². The third-order valence-electron chi connectivity index (χ3n) is 3.25. The van der Waals surface area contributed by atoms with Crippen molar-refractivity contribution < 1.29 is 4.74 Å². The number of hydrogen-bond donors (Lipinski definition) is 1. The van der Waals surface area contributed by atoms with E-state index >= 15 is 0 Å². The van der Waals surface area contributed by atoms with Gasteiger partial charge in [0.15, 0.2) is 5.82 Å². The lowest BCUT2D eigenvalue weighted by Gasteiger charge is -2.21. The molecule has 6 nitrogen and oxygen atoms in total. The van der Waals surface area contributed by atoms with Gasteiger partial charge in [0.2, 0.25) is 0 Å². The normalized spacial score (nSPS) is 12.8. The number of anilines is 1. The number of benzene rings is 1. The zero-order chi connectivity index (χ0) is 15.4. The fraction of sp³-hybridized carbons (Fsp3) is 0.500. The summed E-state index contributed by atoms with van der Waals surface area (Å²) >= 11 is 3.45. The van der Waals surface area contributed by atoms with Gasteiger partial charge < -0.3 is 10.5 Å². The summed E-state index contributed by atoms with van der Waals surface area (Å²) in [5, 5.41) is 12.1. The molecule has 2 rings (SSSR count). The number of nitrogens with zero attached hydrogens (tertiary/aromatic N) is 4. The first-order valence-electron chi connectivity index (χ1n) is 6.95. The predicted octanol–water partition coefficient (Wildman–Crippen LogP) is 2.92. The van der Waals surface area contributed by atoms with Crippen LogP contribution in [0.25, 0.3) is 11.4 Å². The number of nitrogens with two attached hydrogens (primary N) is 1. The molecule has 0 saturated heterocycles. The van der Waals surface area contributed by atoms with Crippen LogP contribution in [0.5, 0.6) is 0 Å². The van der Waals surface area contributed by atoms with Gasteiger partial charge in [-0.05, 0) is 41.5 Å². The van der Waals surface area contributed by atoms with Gasteiger partial charge in [0, 0.05) is 22.3 Å². The van der Waals surface area contributed by atoms with Crippen LogP contribution in [0.15, 0.2) is 22.7 Å². The molecule has 1 aromatic carbocycles. The van der Waals surface area contributed by atoms with E-state index in [1.54, 1.807) is 0 Å². The topological polar surface area (TPSA) is 78.8 Å². The monoisotopic (exact) mass is 353 g/mol. The molecule has 0 aliphatic carbocycles. The first kappa shape index (κ1) is 15.9. The van der Waals surface area contributed by atoms with Crippen molar-refractivity contribution in [1.82, 2.24) is 20.2 Å². The Morgan fingerprint density at radius 3 is 2.71 bits per heavy atom. The Morgan fingerprint density at radius 2 is 2.10 bits per heavy atom. The maximum Gasteiger partial charge on any atom is 0.182 e. The molecule has 7 heteroatoms. The minimum Gasteiger partial charge on any atom is -0.399 e. The lowest BCUT2D eigenvalue weighted by Crippen LogP contribution is -2.23. The van der Waals surface area contributed by atoms with Crippen molar-refractivity contribution in [2.24, 2.45) is 5.92 Å². The molecule has 1 heterocycles. The molecule has 0 spiro atoms. The number of nitrogen functional groups attached to an aromatic ring is 1. The summed E-state index contributed by atoms with van der Waals surface area (Å²) in [5.74, 6) is 1.05. The minimum absolute atomic E-state index is 0.0788. The number of aromatic nitrogens is 4. The molecule has 1 unspecified atom stereocenters. The first-order valence-corrected chi connectivity index (χ1v) is 7.74. The van der Waals surface area contributed by atoms with E-state index in [4.69, 9.17) is 10.5 Å². The predicted molar refractivity (Wildman–Crippen MR) is 85.7 cm³/mol. The minimum atomic E-state index is 0.0788. The molecule has 1 atom stereocenters. The third-order valence-corrected chi connectivity index (χ3v) is 3.71. The van der Waals surface area contributed by atoms with Gasteiger partial charge in [-0.2, -0.15) is 0 Å². The van der Waals surface area contributed by atoms with E-state index < -0.39 is 0 Å². The molecule has 1 aromatic heterocycles. The highest BCUT2D eigenvalue weighted by Gasteiger charge is 2.22. The third kappa shape index (κ3) is 3.79. The van der Waals surface area contributed by atoms with E-state index in [0.29, 0.717) is 30.6 Å². The summed E-state index contributed by atoms with van der Waals surface area (Å²) in [4.78, 5) is 0. The Labute approximate surface area is 132 Å². The Hall–Kier alpha value is -1.47. The van der Waals surface area contributed by atoms with Gasteiger partial charge in [0.05, 0.1) is 12.6 Å². The van der Waals surface area contributed by atoms with Gasteiger partial charge in [-0.1, -0.05) is 29.8 Å². The van der Waals surface area contributed by atoms with Crippen molar-refractivity contribution >= 4 is 21.6 Å². The Kier molecular flexibility index (Phi) is 5.30. The maximum atomic E-state index is 5.90. The zero-order valence-electron chi connectivity index (χ0n) is 12.5. The van der Waals surface area contributed by atoms with Crippen LogP contribution in [0.3, 0.4) is 0 Å². The van der Waals surface area contributed by atoms with Gasteiger partial charge in [-0.3, -0.25) is 0 Å². The number of ether oxygens (including phenoxy) is 1. The van der Waals surface area contributed by atoms with Gasteiger partial charge in [-0.25, -0.2) is 4.68 Å².